The van der Waals surface area contributed by atoms with E-state index in [9.17, 15) is 0 Å². The summed E-state index contributed by atoms with van der Waals surface area (Å²) in [5.41, 5.74) is 2.88. The Labute approximate surface area is 147 Å². The molecule has 0 aliphatic carbocycles. The summed E-state index contributed by atoms with van der Waals surface area (Å²) in [5, 5.41) is 2.92. The lowest BCUT2D eigenvalue weighted by Crippen LogP contribution is -1.98. The fraction of sp³-hybridized carbons (Fsp3) is 0.0952. The van der Waals surface area contributed by atoms with E-state index in [0.717, 1.165) is 33.3 Å². The highest BCUT2D eigenvalue weighted by atomic mass is 35.5. The van der Waals surface area contributed by atoms with E-state index in [4.69, 9.17) is 16.3 Å². The van der Waals surface area contributed by atoms with Gasteiger partial charge in [0.2, 0.25) is 0 Å². The number of aliphatic imine (C=N–C) groups is 1. The topological polar surface area (TPSA) is 21.6 Å². The van der Waals surface area contributed by atoms with Crippen molar-refractivity contribution >= 4 is 34.3 Å². The normalized spacial score (nSPS) is 11.1. The van der Waals surface area contributed by atoms with Crippen LogP contribution in [0.3, 0.4) is 0 Å². The van der Waals surface area contributed by atoms with Crippen LogP contribution in [0.4, 0.5) is 5.69 Å². The van der Waals surface area contributed by atoms with Crippen molar-refractivity contribution in [3.05, 3.63) is 83.4 Å². The average molecular weight is 336 g/mol. The molecule has 0 radical (unpaired) electrons. The summed E-state index contributed by atoms with van der Waals surface area (Å²) >= 11 is 6.08. The molecule has 0 aromatic heterocycles. The van der Waals surface area contributed by atoms with Crippen LogP contribution in [-0.4, -0.2) is 12.8 Å². The minimum absolute atomic E-state index is 0.454. The molecule has 0 atom stereocenters. The third-order valence-corrected chi connectivity index (χ3v) is 4.03. The van der Waals surface area contributed by atoms with Gasteiger partial charge in [-0.15, -0.1) is 0 Å². The van der Waals surface area contributed by atoms with Gasteiger partial charge in [0.1, 0.15) is 12.4 Å². The number of rotatable bonds is 5. The summed E-state index contributed by atoms with van der Waals surface area (Å²) in [4.78, 5) is 4.64. The van der Waals surface area contributed by atoms with Crippen molar-refractivity contribution in [2.45, 2.75) is 6.92 Å². The van der Waals surface area contributed by atoms with E-state index in [2.05, 4.69) is 29.8 Å². The van der Waals surface area contributed by atoms with E-state index < -0.39 is 0 Å². The lowest BCUT2D eigenvalue weighted by Gasteiger charge is -2.10. The Kier molecular flexibility index (Phi) is 4.97. The summed E-state index contributed by atoms with van der Waals surface area (Å²) in [6.07, 6.45) is 3.58. The van der Waals surface area contributed by atoms with Crippen LogP contribution in [0.2, 0.25) is 5.02 Å². The first-order valence-electron chi connectivity index (χ1n) is 7.74. The van der Waals surface area contributed by atoms with Crippen LogP contribution in [0.5, 0.6) is 5.75 Å². The van der Waals surface area contributed by atoms with Crippen molar-refractivity contribution in [1.82, 2.24) is 0 Å². The first kappa shape index (κ1) is 16.3. The van der Waals surface area contributed by atoms with Gasteiger partial charge in [-0.2, -0.15) is 0 Å². The van der Waals surface area contributed by atoms with E-state index in [1.807, 2.05) is 49.5 Å². The van der Waals surface area contributed by atoms with E-state index in [-0.39, 0.29) is 0 Å². The summed E-state index contributed by atoms with van der Waals surface area (Å²) < 4.78 is 5.80. The predicted octanol–water partition coefficient (Wildman–Crippen LogP) is 6.12. The molecular formula is C21H18ClNO. The highest BCUT2D eigenvalue weighted by Gasteiger charge is 2.07. The summed E-state index contributed by atoms with van der Waals surface area (Å²) in [7, 11) is 0. The number of ether oxygens (including phenoxy) is 1. The van der Waals surface area contributed by atoms with Crippen LogP contribution < -0.4 is 4.74 Å². The molecule has 0 heterocycles. The molecule has 0 unspecified atom stereocenters. The molecule has 3 heteroatoms. The number of aryl methyl sites for hydroxylation is 1. The first-order valence-corrected chi connectivity index (χ1v) is 8.12. The van der Waals surface area contributed by atoms with E-state index in [1.165, 1.54) is 0 Å². The number of fused-ring (bicyclic) bond motifs is 1. The summed E-state index contributed by atoms with van der Waals surface area (Å²) in [6, 6.07) is 17.9. The summed E-state index contributed by atoms with van der Waals surface area (Å²) in [6.45, 7) is 6.18. The number of halogens is 1. The first-order chi connectivity index (χ1) is 11.7. The average Bonchev–Trinajstić information content (AvgIpc) is 2.61. The number of hydrogen-bond donors (Lipinski definition) is 0. The minimum Gasteiger partial charge on any atom is -0.489 e. The standard InChI is InChI=1S/C21H18ClNO/c1-3-12-24-21-11-9-16-6-4-5-7-18(16)19(21)14-23-20-13-17(22)10-8-15(20)2/h3-11,13-14H,1,12H2,2H3. The molecule has 3 aromatic rings. The maximum absolute atomic E-state index is 6.08. The molecule has 0 aliphatic rings. The maximum atomic E-state index is 6.08. The summed E-state index contributed by atoms with van der Waals surface area (Å²) in [5.74, 6) is 0.789. The van der Waals surface area contributed by atoms with Crippen molar-refractivity contribution in [3.63, 3.8) is 0 Å². The van der Waals surface area contributed by atoms with Gasteiger partial charge in [0.15, 0.2) is 0 Å². The molecule has 3 rings (SSSR count). The molecule has 0 amide bonds. The van der Waals surface area contributed by atoms with Crippen LogP contribution in [0.15, 0.2) is 72.2 Å². The van der Waals surface area contributed by atoms with Crippen molar-refractivity contribution in [2.75, 3.05) is 6.61 Å². The molecule has 0 spiro atoms. The highest BCUT2D eigenvalue weighted by Crippen LogP contribution is 2.28. The zero-order valence-electron chi connectivity index (χ0n) is 13.5. The largest absolute Gasteiger partial charge is 0.489 e. The van der Waals surface area contributed by atoms with Gasteiger partial charge in [-0.05, 0) is 41.5 Å². The van der Waals surface area contributed by atoms with Gasteiger partial charge in [-0.1, -0.05) is 60.7 Å². The van der Waals surface area contributed by atoms with Gasteiger partial charge in [0, 0.05) is 16.8 Å². The lowest BCUT2D eigenvalue weighted by molar-refractivity contribution is 0.363. The molecule has 3 aromatic carbocycles. The van der Waals surface area contributed by atoms with E-state index >= 15 is 0 Å². The lowest BCUT2D eigenvalue weighted by atomic mass is 10.0. The molecule has 24 heavy (non-hydrogen) atoms. The predicted molar refractivity (Wildman–Crippen MR) is 103 cm³/mol. The van der Waals surface area contributed by atoms with Crippen LogP contribution in [-0.2, 0) is 0 Å². The number of hydrogen-bond acceptors (Lipinski definition) is 2. The third kappa shape index (κ3) is 3.50. The molecule has 0 saturated heterocycles. The Bertz CT molecular complexity index is 915. The van der Waals surface area contributed by atoms with Crippen molar-refractivity contribution in [1.29, 1.82) is 0 Å². The van der Waals surface area contributed by atoms with E-state index in [1.54, 1.807) is 6.08 Å². The Morgan fingerprint density at radius 3 is 2.79 bits per heavy atom. The molecule has 0 saturated carbocycles. The maximum Gasteiger partial charge on any atom is 0.129 e. The molecule has 0 bridgehead atoms. The van der Waals surface area contributed by atoms with Gasteiger partial charge in [0.05, 0.1) is 5.69 Å². The zero-order chi connectivity index (χ0) is 16.9. The second kappa shape index (κ2) is 7.33. The molecule has 2 nitrogen and oxygen atoms in total. The van der Waals surface area contributed by atoms with Crippen molar-refractivity contribution in [2.24, 2.45) is 4.99 Å². The highest BCUT2D eigenvalue weighted by molar-refractivity contribution is 6.30. The van der Waals surface area contributed by atoms with Gasteiger partial charge < -0.3 is 4.74 Å². The van der Waals surface area contributed by atoms with Crippen molar-refractivity contribution < 1.29 is 4.74 Å². The molecule has 0 aliphatic heterocycles. The quantitative estimate of drug-likeness (QED) is 0.406. The Morgan fingerprint density at radius 1 is 1.12 bits per heavy atom. The SMILES string of the molecule is C=CCOc1ccc2ccccc2c1C=Nc1cc(Cl)ccc1C. The zero-order valence-corrected chi connectivity index (χ0v) is 14.3. The van der Waals surface area contributed by atoms with Crippen LogP contribution in [0, 0.1) is 6.92 Å². The minimum atomic E-state index is 0.454. The fourth-order valence-electron chi connectivity index (χ4n) is 2.54. The van der Waals surface area contributed by atoms with Gasteiger partial charge in [-0.3, -0.25) is 4.99 Å². The van der Waals surface area contributed by atoms with Crippen LogP contribution >= 0.6 is 11.6 Å². The van der Waals surface area contributed by atoms with Gasteiger partial charge in [0.25, 0.3) is 0 Å². The molecule has 0 N–H and O–H groups in total. The smallest absolute Gasteiger partial charge is 0.129 e. The number of nitrogens with zero attached hydrogens (tertiary/aromatic N) is 1. The van der Waals surface area contributed by atoms with Gasteiger partial charge >= 0.3 is 0 Å². The Hall–Kier alpha value is -2.58. The van der Waals surface area contributed by atoms with Crippen LogP contribution in [0.1, 0.15) is 11.1 Å². The third-order valence-electron chi connectivity index (χ3n) is 3.79. The Balaban J connectivity index is 2.10. The molecular weight excluding hydrogens is 318 g/mol. The van der Waals surface area contributed by atoms with Crippen molar-refractivity contribution in [3.8, 4) is 5.75 Å². The van der Waals surface area contributed by atoms with Crippen LogP contribution in [0.25, 0.3) is 10.8 Å². The Morgan fingerprint density at radius 2 is 1.96 bits per heavy atom. The number of benzene rings is 3. The monoisotopic (exact) mass is 335 g/mol. The van der Waals surface area contributed by atoms with Gasteiger partial charge in [-0.25, -0.2) is 0 Å². The second-order valence-electron chi connectivity index (χ2n) is 5.49. The van der Waals surface area contributed by atoms with E-state index in [0.29, 0.717) is 11.6 Å². The molecule has 120 valence electrons. The second-order valence-corrected chi connectivity index (χ2v) is 5.92. The molecule has 0 fully saturated rings. The fourth-order valence-corrected chi connectivity index (χ4v) is 2.71.